The van der Waals surface area contributed by atoms with Crippen molar-refractivity contribution in [1.82, 2.24) is 5.43 Å². The van der Waals surface area contributed by atoms with Gasteiger partial charge >= 0.3 is 12.3 Å². The average Bonchev–Trinajstić information content (AvgIpc) is 2.93. The van der Waals surface area contributed by atoms with Gasteiger partial charge in [0.2, 0.25) is 0 Å². The number of hydrazone groups is 1. The standard InChI is InChI=1S/C28H27F3N6O4S/c1-17-12-23(40-3)13-18(2)25(17)36-27(42-15-24(38)39)37-35-14-19-4-6-20(7-5-19)26(32)34-16-33-21-8-10-22(11-9-21)41-28(29,30)31/h4-14,16H,15H2,1-3H3,(H,36,37)(H,38,39)(H2,32,33,34)/b35-14-. The summed E-state index contributed by atoms with van der Waals surface area (Å²) in [6, 6.07) is 15.6. The van der Waals surface area contributed by atoms with Crippen LogP contribution in [0.5, 0.6) is 11.5 Å². The van der Waals surface area contributed by atoms with Crippen LogP contribution >= 0.6 is 11.8 Å². The Morgan fingerprint density at radius 2 is 1.69 bits per heavy atom. The second-order valence-electron chi connectivity index (χ2n) is 8.50. The number of hydrogen-bond acceptors (Lipinski definition) is 7. The van der Waals surface area contributed by atoms with Crippen LogP contribution in [0.15, 0.2) is 80.7 Å². The molecule has 0 aliphatic heterocycles. The number of aryl methyl sites for hydroxylation is 2. The molecule has 220 valence electrons. The lowest BCUT2D eigenvalue weighted by atomic mass is 10.1. The Morgan fingerprint density at radius 3 is 2.26 bits per heavy atom. The monoisotopic (exact) mass is 600 g/mol. The molecule has 10 nitrogen and oxygen atoms in total. The van der Waals surface area contributed by atoms with Crippen molar-refractivity contribution < 1.29 is 32.5 Å². The van der Waals surface area contributed by atoms with E-state index in [1.165, 1.54) is 24.7 Å². The number of alkyl halides is 3. The molecule has 14 heteroatoms. The molecule has 3 rings (SSSR count). The molecule has 0 unspecified atom stereocenters. The van der Waals surface area contributed by atoms with Gasteiger partial charge in [0.15, 0.2) is 5.17 Å². The molecule has 0 amide bonds. The number of amidine groups is 2. The smallest absolute Gasteiger partial charge is 0.497 e. The van der Waals surface area contributed by atoms with Crippen LogP contribution in [-0.4, -0.2) is 53.9 Å². The quantitative estimate of drug-likeness (QED) is 0.154. The van der Waals surface area contributed by atoms with Gasteiger partial charge in [-0.1, -0.05) is 36.0 Å². The molecule has 0 saturated heterocycles. The molecule has 3 aromatic rings. The van der Waals surface area contributed by atoms with Gasteiger partial charge in [-0.2, -0.15) is 5.10 Å². The summed E-state index contributed by atoms with van der Waals surface area (Å²) in [6.07, 6.45) is -2.04. The van der Waals surface area contributed by atoms with Gasteiger partial charge < -0.3 is 20.3 Å². The lowest BCUT2D eigenvalue weighted by molar-refractivity contribution is -0.274. The van der Waals surface area contributed by atoms with E-state index in [1.807, 2.05) is 26.0 Å². The summed E-state index contributed by atoms with van der Waals surface area (Å²) >= 11 is 1.00. The topological polar surface area (TPSA) is 143 Å². The van der Waals surface area contributed by atoms with E-state index in [0.717, 1.165) is 35.0 Å². The van der Waals surface area contributed by atoms with Crippen molar-refractivity contribution in [1.29, 1.82) is 0 Å². The van der Waals surface area contributed by atoms with E-state index >= 15 is 0 Å². The Labute approximate surface area is 243 Å². The maximum atomic E-state index is 12.3. The predicted molar refractivity (Wildman–Crippen MR) is 159 cm³/mol. The third-order valence-corrected chi connectivity index (χ3v) is 6.15. The Morgan fingerprint density at radius 1 is 1.05 bits per heavy atom. The Kier molecular flexibility index (Phi) is 11.1. The molecule has 0 saturated carbocycles. The lowest BCUT2D eigenvalue weighted by Gasteiger charge is -2.10. The van der Waals surface area contributed by atoms with E-state index in [9.17, 15) is 18.0 Å². The summed E-state index contributed by atoms with van der Waals surface area (Å²) in [4.78, 5) is 23.8. The van der Waals surface area contributed by atoms with Crippen LogP contribution < -0.4 is 20.6 Å². The maximum Gasteiger partial charge on any atom is 0.573 e. The number of rotatable bonds is 10. The molecule has 0 aromatic heterocycles. The van der Waals surface area contributed by atoms with Gasteiger partial charge in [0.25, 0.3) is 0 Å². The van der Waals surface area contributed by atoms with Gasteiger partial charge in [-0.25, -0.2) is 15.0 Å². The van der Waals surface area contributed by atoms with Crippen molar-refractivity contribution in [2.75, 3.05) is 12.9 Å². The molecule has 0 spiro atoms. The normalized spacial score (nSPS) is 12.6. The Bertz CT molecular complexity index is 1480. The number of carbonyl (C=O) groups is 1. The van der Waals surface area contributed by atoms with Crippen LogP contribution in [-0.2, 0) is 4.79 Å². The van der Waals surface area contributed by atoms with Crippen LogP contribution in [0.2, 0.25) is 0 Å². The summed E-state index contributed by atoms with van der Waals surface area (Å²) in [6.45, 7) is 3.77. The summed E-state index contributed by atoms with van der Waals surface area (Å²) in [5.74, 6) is -0.682. The molecule has 42 heavy (non-hydrogen) atoms. The molecule has 0 aliphatic rings. The van der Waals surface area contributed by atoms with E-state index in [2.05, 4.69) is 30.2 Å². The molecule has 3 aromatic carbocycles. The first-order valence-electron chi connectivity index (χ1n) is 12.1. The first-order chi connectivity index (χ1) is 19.9. The van der Waals surface area contributed by atoms with Crippen LogP contribution in [0.1, 0.15) is 22.3 Å². The first kappa shape index (κ1) is 31.7. The summed E-state index contributed by atoms with van der Waals surface area (Å²) in [5, 5.41) is 13.6. The number of carboxylic acids is 1. The first-order valence-corrected chi connectivity index (χ1v) is 13.1. The van der Waals surface area contributed by atoms with E-state index in [4.69, 9.17) is 15.6 Å². The fraction of sp³-hybridized carbons (Fsp3) is 0.179. The van der Waals surface area contributed by atoms with Crippen molar-refractivity contribution in [3.8, 4) is 11.5 Å². The third kappa shape index (κ3) is 10.3. The minimum absolute atomic E-state index is 0.169. The van der Waals surface area contributed by atoms with Crippen molar-refractivity contribution in [3.05, 3.63) is 82.9 Å². The summed E-state index contributed by atoms with van der Waals surface area (Å²) in [5.41, 5.74) is 12.9. The van der Waals surface area contributed by atoms with E-state index < -0.39 is 12.3 Å². The van der Waals surface area contributed by atoms with Gasteiger partial charge in [-0.3, -0.25) is 10.2 Å². The van der Waals surface area contributed by atoms with Crippen LogP contribution in [0.25, 0.3) is 0 Å². The van der Waals surface area contributed by atoms with Gasteiger partial charge in [0.05, 0.1) is 30.5 Å². The average molecular weight is 601 g/mol. The number of aliphatic imine (C=N–C) groups is 3. The number of nitrogens with zero attached hydrogens (tertiary/aromatic N) is 4. The highest BCUT2D eigenvalue weighted by Gasteiger charge is 2.30. The largest absolute Gasteiger partial charge is 0.573 e. The molecular formula is C28H27F3N6O4S. The number of nitrogens with one attached hydrogen (secondary N) is 1. The highest BCUT2D eigenvalue weighted by molar-refractivity contribution is 8.14. The number of hydrogen-bond donors (Lipinski definition) is 3. The zero-order valence-electron chi connectivity index (χ0n) is 22.7. The number of thioether (sulfide) groups is 1. The molecule has 4 N–H and O–H groups in total. The Hall–Kier alpha value is -4.85. The second kappa shape index (κ2) is 14.7. The molecule has 0 fully saturated rings. The number of halogens is 3. The molecule has 0 atom stereocenters. The highest BCUT2D eigenvalue weighted by atomic mass is 32.2. The maximum absolute atomic E-state index is 12.3. The number of aliphatic carboxylic acids is 1. The van der Waals surface area contributed by atoms with Crippen LogP contribution in [0.3, 0.4) is 0 Å². The Balaban J connectivity index is 1.65. The van der Waals surface area contributed by atoms with Gasteiger partial charge in [-0.15, -0.1) is 13.2 Å². The fourth-order valence-electron chi connectivity index (χ4n) is 3.40. The SMILES string of the molecule is COc1cc(C)c(N=C(N/N=C\c2ccc(C(N)=NC=Nc3ccc(OC(F)(F)F)cc3)cc2)SCC(=O)O)c(C)c1. The molecular weight excluding hydrogens is 573 g/mol. The zero-order chi connectivity index (χ0) is 30.7. The predicted octanol–water partition coefficient (Wildman–Crippen LogP) is 5.70. The van der Waals surface area contributed by atoms with Gasteiger partial charge in [0, 0.05) is 5.56 Å². The zero-order valence-corrected chi connectivity index (χ0v) is 23.5. The van der Waals surface area contributed by atoms with Gasteiger partial charge in [0.1, 0.15) is 23.7 Å². The molecule has 0 aliphatic carbocycles. The number of ether oxygens (including phenoxy) is 2. The number of nitrogens with two attached hydrogens (primary N) is 1. The highest BCUT2D eigenvalue weighted by Crippen LogP contribution is 2.29. The van der Waals surface area contributed by atoms with E-state index in [-0.39, 0.29) is 17.3 Å². The van der Waals surface area contributed by atoms with E-state index in [0.29, 0.717) is 33.4 Å². The second-order valence-corrected chi connectivity index (χ2v) is 9.47. The van der Waals surface area contributed by atoms with Crippen molar-refractivity contribution in [3.63, 3.8) is 0 Å². The number of methoxy groups -OCH3 is 1. The lowest BCUT2D eigenvalue weighted by Crippen LogP contribution is -2.16. The summed E-state index contributed by atoms with van der Waals surface area (Å²) < 4.78 is 45.9. The van der Waals surface area contributed by atoms with Crippen LogP contribution in [0.4, 0.5) is 24.5 Å². The molecule has 0 heterocycles. The number of carboxylic acid groups (broad SMARTS) is 1. The molecule has 0 bridgehead atoms. The minimum Gasteiger partial charge on any atom is -0.497 e. The third-order valence-electron chi connectivity index (χ3n) is 5.30. The van der Waals surface area contributed by atoms with Crippen LogP contribution in [0, 0.1) is 13.8 Å². The van der Waals surface area contributed by atoms with Crippen molar-refractivity contribution in [2.45, 2.75) is 20.2 Å². The van der Waals surface area contributed by atoms with Crippen molar-refractivity contribution in [2.24, 2.45) is 25.8 Å². The summed E-state index contributed by atoms with van der Waals surface area (Å²) in [7, 11) is 1.58. The van der Waals surface area contributed by atoms with E-state index in [1.54, 1.807) is 31.4 Å². The fourth-order valence-corrected chi connectivity index (χ4v) is 3.93. The van der Waals surface area contributed by atoms with Gasteiger partial charge in [-0.05, 0) is 66.9 Å². The minimum atomic E-state index is -4.77. The van der Waals surface area contributed by atoms with Crippen molar-refractivity contribution >= 4 is 52.7 Å². The number of benzene rings is 3. The molecule has 0 radical (unpaired) electrons.